The van der Waals surface area contributed by atoms with Crippen molar-refractivity contribution in [3.05, 3.63) is 57.6 Å². The Morgan fingerprint density at radius 1 is 1.12 bits per heavy atom. The van der Waals surface area contributed by atoms with E-state index in [1.165, 1.54) is 32.4 Å². The molecule has 0 heterocycles. The van der Waals surface area contributed by atoms with E-state index in [9.17, 15) is 13.2 Å². The molecule has 8 heteroatoms. The molecule has 0 aliphatic carbocycles. The summed E-state index contributed by atoms with van der Waals surface area (Å²) in [6, 6.07) is 8.02. The lowest BCUT2D eigenvalue weighted by Gasteiger charge is -2.16. The van der Waals surface area contributed by atoms with Crippen LogP contribution in [0.5, 0.6) is 0 Å². The van der Waals surface area contributed by atoms with Gasteiger partial charge in [-0.2, -0.15) is 0 Å². The number of sulfonamides is 1. The Morgan fingerprint density at radius 2 is 1.69 bits per heavy atom. The van der Waals surface area contributed by atoms with Crippen LogP contribution in [0.3, 0.4) is 0 Å². The Bertz CT molecular complexity index is 935. The minimum atomic E-state index is -3.97. The number of amides is 1. The van der Waals surface area contributed by atoms with Gasteiger partial charge in [0.25, 0.3) is 15.9 Å². The summed E-state index contributed by atoms with van der Waals surface area (Å²) >= 11 is 6.02. The summed E-state index contributed by atoms with van der Waals surface area (Å²) in [6.07, 6.45) is 0. The minimum absolute atomic E-state index is 0.00754. The van der Waals surface area contributed by atoms with Gasteiger partial charge < -0.3 is 5.32 Å². The van der Waals surface area contributed by atoms with Gasteiger partial charge in [-0.15, -0.1) is 0 Å². The van der Waals surface area contributed by atoms with Crippen LogP contribution < -0.4 is 5.32 Å². The van der Waals surface area contributed by atoms with Crippen molar-refractivity contribution >= 4 is 33.2 Å². The number of carbonyl (C=O) groups is 1. The number of hydroxylamine groups is 1. The molecular weight excluding hydrogens is 376 g/mol. The number of nitrogens with one attached hydrogen (secondary N) is 1. The number of benzene rings is 2. The largest absolute Gasteiger partial charge is 0.322 e. The number of carbonyl (C=O) groups excluding carboxylic acids is 1. The third kappa shape index (κ3) is 4.07. The fraction of sp³-hybridized carbons (Fsp3) is 0.278. The average Bonchev–Trinajstić information content (AvgIpc) is 2.57. The molecule has 0 saturated carbocycles. The topological polar surface area (TPSA) is 75.7 Å². The molecular formula is C18H21ClN2O4S. The van der Waals surface area contributed by atoms with Crippen LogP contribution in [-0.4, -0.2) is 33.0 Å². The summed E-state index contributed by atoms with van der Waals surface area (Å²) in [4.78, 5) is 17.2. The van der Waals surface area contributed by atoms with Crippen LogP contribution in [-0.2, 0) is 14.9 Å². The van der Waals surface area contributed by atoms with E-state index in [0.717, 1.165) is 16.7 Å². The molecule has 1 N–H and O–H groups in total. The lowest BCUT2D eigenvalue weighted by atomic mass is 10.0. The Hall–Kier alpha value is -1.93. The molecule has 26 heavy (non-hydrogen) atoms. The predicted octanol–water partition coefficient (Wildman–Crippen LogP) is 3.70. The van der Waals surface area contributed by atoms with Crippen molar-refractivity contribution in [1.82, 2.24) is 4.47 Å². The van der Waals surface area contributed by atoms with Crippen LogP contribution in [0.15, 0.2) is 35.2 Å². The average molecular weight is 397 g/mol. The molecule has 0 atom stereocenters. The van der Waals surface area contributed by atoms with Gasteiger partial charge in [-0.05, 0) is 50.1 Å². The van der Waals surface area contributed by atoms with Gasteiger partial charge in [0, 0.05) is 18.3 Å². The maximum absolute atomic E-state index is 12.6. The molecule has 0 bridgehead atoms. The first-order valence-electron chi connectivity index (χ1n) is 7.79. The third-order valence-electron chi connectivity index (χ3n) is 3.98. The smallest absolute Gasteiger partial charge is 0.266 e. The monoisotopic (exact) mass is 396 g/mol. The first kappa shape index (κ1) is 20.4. The second kappa shape index (κ2) is 7.75. The van der Waals surface area contributed by atoms with Crippen molar-refractivity contribution in [2.24, 2.45) is 0 Å². The summed E-state index contributed by atoms with van der Waals surface area (Å²) in [5, 5.41) is 2.85. The van der Waals surface area contributed by atoms with E-state index in [4.69, 9.17) is 16.4 Å². The SMILES string of the molecule is CON(C)S(=O)(=O)c1cc(C(=O)Nc2c(C)cc(C)cc2C)ccc1Cl. The van der Waals surface area contributed by atoms with Gasteiger partial charge in [-0.25, -0.2) is 8.42 Å². The van der Waals surface area contributed by atoms with E-state index in [1.54, 1.807) is 0 Å². The highest BCUT2D eigenvalue weighted by Gasteiger charge is 2.25. The summed E-state index contributed by atoms with van der Waals surface area (Å²) < 4.78 is 25.6. The maximum atomic E-state index is 12.6. The minimum Gasteiger partial charge on any atom is -0.322 e. The predicted molar refractivity (Wildman–Crippen MR) is 102 cm³/mol. The molecule has 0 spiro atoms. The van der Waals surface area contributed by atoms with Crippen molar-refractivity contribution < 1.29 is 18.0 Å². The second-order valence-corrected chi connectivity index (χ2v) is 8.28. The van der Waals surface area contributed by atoms with Crippen LogP contribution in [0.2, 0.25) is 5.02 Å². The summed E-state index contributed by atoms with van der Waals surface area (Å²) in [7, 11) is -1.50. The van der Waals surface area contributed by atoms with Crippen LogP contribution >= 0.6 is 11.6 Å². The molecule has 0 unspecified atom stereocenters. The van der Waals surface area contributed by atoms with Crippen molar-refractivity contribution in [2.75, 3.05) is 19.5 Å². The molecule has 6 nitrogen and oxygen atoms in total. The van der Waals surface area contributed by atoms with Crippen molar-refractivity contribution in [1.29, 1.82) is 0 Å². The van der Waals surface area contributed by atoms with Crippen molar-refractivity contribution in [2.45, 2.75) is 25.7 Å². The van der Waals surface area contributed by atoms with Gasteiger partial charge in [0.15, 0.2) is 0 Å². The number of aryl methyl sites for hydroxylation is 3. The van der Waals surface area contributed by atoms with E-state index in [1.807, 2.05) is 32.9 Å². The van der Waals surface area contributed by atoms with Gasteiger partial charge >= 0.3 is 0 Å². The first-order chi connectivity index (χ1) is 12.1. The molecule has 0 fully saturated rings. The van der Waals surface area contributed by atoms with Crippen LogP contribution in [0.4, 0.5) is 5.69 Å². The maximum Gasteiger partial charge on any atom is 0.266 e. The molecule has 140 valence electrons. The lowest BCUT2D eigenvalue weighted by molar-refractivity contribution is -0.0258. The summed E-state index contributed by atoms with van der Waals surface area (Å²) in [5.41, 5.74) is 3.83. The molecule has 2 aromatic rings. The molecule has 0 radical (unpaired) electrons. The molecule has 0 aromatic heterocycles. The van der Waals surface area contributed by atoms with Gasteiger partial charge in [0.05, 0.1) is 12.1 Å². The van der Waals surface area contributed by atoms with Gasteiger partial charge in [-0.3, -0.25) is 9.63 Å². The van der Waals surface area contributed by atoms with Gasteiger partial charge in [0.1, 0.15) is 4.90 Å². The first-order valence-corrected chi connectivity index (χ1v) is 9.61. The highest BCUT2D eigenvalue weighted by atomic mass is 35.5. The molecule has 0 saturated heterocycles. The van der Waals surface area contributed by atoms with Crippen molar-refractivity contribution in [3.8, 4) is 0 Å². The highest BCUT2D eigenvalue weighted by molar-refractivity contribution is 7.89. The molecule has 1 amide bonds. The standard InChI is InChI=1S/C18H21ClN2O4S/c1-11-8-12(2)17(13(3)9-11)20-18(22)14-6-7-15(19)16(10-14)26(23,24)21(4)25-5/h6-10H,1-5H3,(H,20,22). The Kier molecular flexibility index (Phi) is 6.08. The number of nitrogens with zero attached hydrogens (tertiary/aromatic N) is 1. The normalized spacial score (nSPS) is 11.7. The Morgan fingerprint density at radius 3 is 2.23 bits per heavy atom. The lowest BCUT2D eigenvalue weighted by Crippen LogP contribution is -2.26. The Balaban J connectivity index is 2.42. The number of halogens is 1. The third-order valence-corrected chi connectivity index (χ3v) is 6.14. The Labute approximate surface area is 158 Å². The molecule has 0 aliphatic rings. The fourth-order valence-electron chi connectivity index (χ4n) is 2.64. The highest BCUT2D eigenvalue weighted by Crippen LogP contribution is 2.27. The zero-order valence-corrected chi connectivity index (χ0v) is 16.8. The van der Waals surface area contributed by atoms with Crippen LogP contribution in [0, 0.1) is 20.8 Å². The number of rotatable bonds is 5. The zero-order valence-electron chi connectivity index (χ0n) is 15.3. The van der Waals surface area contributed by atoms with E-state index >= 15 is 0 Å². The molecule has 2 aromatic carbocycles. The summed E-state index contributed by atoms with van der Waals surface area (Å²) in [5.74, 6) is -0.423. The fourth-order valence-corrected chi connectivity index (χ4v) is 4.12. The van der Waals surface area contributed by atoms with E-state index in [0.29, 0.717) is 10.2 Å². The quantitative estimate of drug-likeness (QED) is 0.782. The van der Waals surface area contributed by atoms with Gasteiger partial charge in [0.2, 0.25) is 0 Å². The van der Waals surface area contributed by atoms with Gasteiger partial charge in [-0.1, -0.05) is 33.8 Å². The van der Waals surface area contributed by atoms with Crippen LogP contribution in [0.25, 0.3) is 0 Å². The van der Waals surface area contributed by atoms with E-state index in [-0.39, 0.29) is 15.5 Å². The molecule has 2 rings (SSSR count). The zero-order chi connectivity index (χ0) is 19.6. The van der Waals surface area contributed by atoms with E-state index in [2.05, 4.69) is 5.32 Å². The molecule has 0 aliphatic heterocycles. The number of hydrogen-bond acceptors (Lipinski definition) is 4. The number of hydrogen-bond donors (Lipinski definition) is 1. The number of anilines is 1. The van der Waals surface area contributed by atoms with Crippen molar-refractivity contribution in [3.63, 3.8) is 0 Å². The van der Waals surface area contributed by atoms with E-state index < -0.39 is 15.9 Å². The summed E-state index contributed by atoms with van der Waals surface area (Å²) in [6.45, 7) is 5.79. The van der Waals surface area contributed by atoms with Crippen LogP contribution in [0.1, 0.15) is 27.0 Å². The second-order valence-electron chi connectivity index (χ2n) is 5.97.